The molecule has 0 aromatic carbocycles. The van der Waals surface area contributed by atoms with Gasteiger partial charge in [0, 0.05) is 19.1 Å². The molecule has 0 saturated heterocycles. The molecule has 0 aliphatic heterocycles. The molecule has 0 aromatic heterocycles. The maximum Gasteiger partial charge on any atom is 0.330 e. The summed E-state index contributed by atoms with van der Waals surface area (Å²) in [5, 5.41) is 25.6. The Kier molecular flexibility index (Phi) is 9.87. The molecule has 0 bridgehead atoms. The summed E-state index contributed by atoms with van der Waals surface area (Å²) >= 11 is 0. The highest BCUT2D eigenvalue weighted by atomic mass is 16.5. The third-order valence-electron chi connectivity index (χ3n) is 3.11. The molecule has 3 N–H and O–H groups in total. The second-order valence-electron chi connectivity index (χ2n) is 4.62. The van der Waals surface area contributed by atoms with Gasteiger partial charge in [-0.15, -0.1) is 0 Å². The predicted octanol–water partition coefficient (Wildman–Crippen LogP) is 1.06. The van der Waals surface area contributed by atoms with Crippen LogP contribution in [0.2, 0.25) is 0 Å². The van der Waals surface area contributed by atoms with E-state index in [1.807, 2.05) is 0 Å². The molecule has 0 heterocycles. The van der Waals surface area contributed by atoms with E-state index in [2.05, 4.69) is 11.3 Å². The highest BCUT2D eigenvalue weighted by Crippen LogP contribution is 2.30. The Morgan fingerprint density at radius 3 is 1.90 bits per heavy atom. The van der Waals surface area contributed by atoms with Gasteiger partial charge in [0.2, 0.25) is 0 Å². The Morgan fingerprint density at radius 2 is 1.57 bits per heavy atom. The normalized spacial score (nSPS) is 20.6. The van der Waals surface area contributed by atoms with Crippen LogP contribution in [0.1, 0.15) is 32.1 Å². The molecule has 120 valence electrons. The van der Waals surface area contributed by atoms with Crippen LogP contribution in [0.5, 0.6) is 0 Å². The molecule has 1 aliphatic carbocycles. The maximum absolute atomic E-state index is 10.6. The molecule has 0 amide bonds. The summed E-state index contributed by atoms with van der Waals surface area (Å²) in [6.45, 7) is 3.51. The van der Waals surface area contributed by atoms with Gasteiger partial charge >= 0.3 is 17.9 Å². The molecule has 21 heavy (non-hydrogen) atoms. The van der Waals surface area contributed by atoms with Gasteiger partial charge in [0.15, 0.2) is 0 Å². The number of esters is 1. The number of carboxylic acid groups (broad SMARTS) is 2. The average Bonchev–Trinajstić information content (AvgIpc) is 2.47. The molecule has 7 nitrogen and oxygen atoms in total. The second-order valence-corrected chi connectivity index (χ2v) is 4.62. The zero-order valence-electron chi connectivity index (χ0n) is 11.9. The van der Waals surface area contributed by atoms with Crippen molar-refractivity contribution in [3.05, 3.63) is 12.7 Å². The van der Waals surface area contributed by atoms with Crippen LogP contribution in [0.25, 0.3) is 0 Å². The first kappa shape index (κ1) is 19.1. The lowest BCUT2D eigenvalue weighted by atomic mass is 9.79. The van der Waals surface area contributed by atoms with Gasteiger partial charge in [-0.05, 0) is 12.8 Å². The molecule has 7 heteroatoms. The molecule has 2 unspecified atom stereocenters. The SMILES string of the molecule is C=CC(=O)OCCCO.O=C(O)C1CCCCC1C(=O)O. The Morgan fingerprint density at radius 1 is 1.10 bits per heavy atom. The topological polar surface area (TPSA) is 121 Å². The molecule has 0 radical (unpaired) electrons. The molecule has 1 aliphatic rings. The molecular weight excluding hydrogens is 280 g/mol. The lowest BCUT2D eigenvalue weighted by Gasteiger charge is -2.24. The van der Waals surface area contributed by atoms with E-state index < -0.39 is 29.7 Å². The fourth-order valence-electron chi connectivity index (χ4n) is 2.02. The Balaban J connectivity index is 0.000000400. The van der Waals surface area contributed by atoms with E-state index in [0.29, 0.717) is 19.3 Å². The smallest absolute Gasteiger partial charge is 0.330 e. The molecular formula is C14H22O7. The quantitative estimate of drug-likeness (QED) is 0.381. The van der Waals surface area contributed by atoms with Gasteiger partial charge in [-0.25, -0.2) is 4.79 Å². The lowest BCUT2D eigenvalue weighted by molar-refractivity contribution is -0.155. The number of aliphatic carboxylic acids is 2. The number of carbonyl (C=O) groups is 3. The third kappa shape index (κ3) is 8.09. The minimum Gasteiger partial charge on any atom is -0.481 e. The lowest BCUT2D eigenvalue weighted by Crippen LogP contribution is -2.32. The Hall–Kier alpha value is -1.89. The van der Waals surface area contributed by atoms with Crippen LogP contribution in [0, 0.1) is 11.8 Å². The summed E-state index contributed by atoms with van der Waals surface area (Å²) < 4.78 is 4.51. The Labute approximate surface area is 123 Å². The largest absolute Gasteiger partial charge is 0.481 e. The van der Waals surface area contributed by atoms with Crippen LogP contribution in [-0.4, -0.2) is 46.4 Å². The number of hydrogen-bond donors (Lipinski definition) is 3. The van der Waals surface area contributed by atoms with Crippen LogP contribution >= 0.6 is 0 Å². The monoisotopic (exact) mass is 302 g/mol. The number of aliphatic hydroxyl groups is 1. The van der Waals surface area contributed by atoms with Crippen LogP contribution in [0.4, 0.5) is 0 Å². The number of carbonyl (C=O) groups excluding carboxylic acids is 1. The molecule has 1 saturated carbocycles. The number of ether oxygens (including phenoxy) is 1. The van der Waals surface area contributed by atoms with Gasteiger partial charge in [0.25, 0.3) is 0 Å². The van der Waals surface area contributed by atoms with Gasteiger partial charge in [0.05, 0.1) is 18.4 Å². The zero-order chi connectivity index (χ0) is 16.3. The van der Waals surface area contributed by atoms with Crippen LogP contribution in [0.3, 0.4) is 0 Å². The van der Waals surface area contributed by atoms with Crippen LogP contribution in [-0.2, 0) is 19.1 Å². The minimum absolute atomic E-state index is 0.0461. The first-order valence-corrected chi connectivity index (χ1v) is 6.79. The van der Waals surface area contributed by atoms with E-state index in [1.165, 1.54) is 0 Å². The highest BCUT2D eigenvalue weighted by Gasteiger charge is 2.35. The fraction of sp³-hybridized carbons (Fsp3) is 0.643. The first-order valence-electron chi connectivity index (χ1n) is 6.79. The molecule has 0 aromatic rings. The summed E-state index contributed by atoms with van der Waals surface area (Å²) in [6.07, 6.45) is 4.26. The summed E-state index contributed by atoms with van der Waals surface area (Å²) in [6, 6.07) is 0. The minimum atomic E-state index is -0.970. The first-order chi connectivity index (χ1) is 9.93. The van der Waals surface area contributed by atoms with E-state index in [9.17, 15) is 14.4 Å². The van der Waals surface area contributed by atoms with E-state index in [1.54, 1.807) is 0 Å². The summed E-state index contributed by atoms with van der Waals surface area (Å²) in [4.78, 5) is 31.5. The van der Waals surface area contributed by atoms with Gasteiger partial charge in [-0.2, -0.15) is 0 Å². The summed E-state index contributed by atoms with van der Waals surface area (Å²) in [5.74, 6) is -3.72. The number of carboxylic acids is 2. The molecule has 1 fully saturated rings. The van der Waals surface area contributed by atoms with Crippen molar-refractivity contribution in [3.63, 3.8) is 0 Å². The van der Waals surface area contributed by atoms with Crippen LogP contribution < -0.4 is 0 Å². The van der Waals surface area contributed by atoms with Crippen molar-refractivity contribution >= 4 is 17.9 Å². The molecule has 2 atom stereocenters. The fourth-order valence-corrected chi connectivity index (χ4v) is 2.02. The van der Waals surface area contributed by atoms with Crippen molar-refractivity contribution in [2.24, 2.45) is 11.8 Å². The van der Waals surface area contributed by atoms with Crippen molar-refractivity contribution in [3.8, 4) is 0 Å². The predicted molar refractivity (Wildman–Crippen MR) is 73.6 cm³/mol. The summed E-state index contributed by atoms with van der Waals surface area (Å²) in [5.41, 5.74) is 0. The zero-order valence-corrected chi connectivity index (χ0v) is 11.9. The average molecular weight is 302 g/mol. The van der Waals surface area contributed by atoms with Crippen LogP contribution in [0.15, 0.2) is 12.7 Å². The van der Waals surface area contributed by atoms with Gasteiger partial charge in [-0.3, -0.25) is 9.59 Å². The van der Waals surface area contributed by atoms with Gasteiger partial charge in [0.1, 0.15) is 0 Å². The van der Waals surface area contributed by atoms with E-state index >= 15 is 0 Å². The van der Waals surface area contributed by atoms with Crippen molar-refractivity contribution < 1.29 is 34.4 Å². The highest BCUT2D eigenvalue weighted by molar-refractivity contribution is 5.81. The standard InChI is InChI=1S/C8H12O4.C6H10O3/c9-7(10)5-3-1-2-4-6(5)8(11)12;1-2-6(8)9-5-3-4-7/h5-6H,1-4H2,(H,9,10)(H,11,12);2,7H,1,3-5H2. The molecule has 0 spiro atoms. The third-order valence-corrected chi connectivity index (χ3v) is 3.11. The van der Waals surface area contributed by atoms with Crippen molar-refractivity contribution in [1.82, 2.24) is 0 Å². The molecule has 1 rings (SSSR count). The van der Waals surface area contributed by atoms with Crippen molar-refractivity contribution in [2.45, 2.75) is 32.1 Å². The second kappa shape index (κ2) is 10.8. The van der Waals surface area contributed by atoms with Gasteiger partial charge in [-0.1, -0.05) is 19.4 Å². The summed E-state index contributed by atoms with van der Waals surface area (Å²) in [7, 11) is 0. The Bertz CT molecular complexity index is 342. The van der Waals surface area contributed by atoms with E-state index in [0.717, 1.165) is 18.9 Å². The number of aliphatic hydroxyl groups excluding tert-OH is 1. The number of hydrogen-bond acceptors (Lipinski definition) is 5. The van der Waals surface area contributed by atoms with E-state index in [-0.39, 0.29) is 13.2 Å². The number of rotatable bonds is 6. The van der Waals surface area contributed by atoms with Crippen molar-refractivity contribution in [1.29, 1.82) is 0 Å². The maximum atomic E-state index is 10.6. The van der Waals surface area contributed by atoms with Crippen molar-refractivity contribution in [2.75, 3.05) is 13.2 Å². The van der Waals surface area contributed by atoms with Gasteiger partial charge < -0.3 is 20.1 Å². The van der Waals surface area contributed by atoms with E-state index in [4.69, 9.17) is 15.3 Å².